The summed E-state index contributed by atoms with van der Waals surface area (Å²) >= 11 is 0. The van der Waals surface area contributed by atoms with Gasteiger partial charge in [-0.1, -0.05) is 37.5 Å². The number of carbonyl (C=O) groups is 2. The van der Waals surface area contributed by atoms with Crippen molar-refractivity contribution in [3.05, 3.63) is 59.2 Å². The summed E-state index contributed by atoms with van der Waals surface area (Å²) in [5.41, 5.74) is 3.22. The van der Waals surface area contributed by atoms with Crippen molar-refractivity contribution < 1.29 is 19.1 Å². The Labute approximate surface area is 248 Å². The Morgan fingerprint density at radius 1 is 0.952 bits per heavy atom. The molecule has 0 aliphatic heterocycles. The summed E-state index contributed by atoms with van der Waals surface area (Å²) < 4.78 is 11.3. The van der Waals surface area contributed by atoms with Crippen LogP contribution in [0.15, 0.2) is 48.0 Å². The topological polar surface area (TPSA) is 100 Å². The van der Waals surface area contributed by atoms with Gasteiger partial charge in [-0.25, -0.2) is 0 Å². The van der Waals surface area contributed by atoms with Crippen molar-refractivity contribution in [2.75, 3.05) is 19.0 Å². The lowest BCUT2D eigenvalue weighted by atomic mass is 9.48. The summed E-state index contributed by atoms with van der Waals surface area (Å²) in [4.78, 5) is 25.4. The third-order valence-electron chi connectivity index (χ3n) is 9.98. The molecule has 5 aliphatic rings. The summed E-state index contributed by atoms with van der Waals surface area (Å²) in [6.45, 7) is -0.171. The van der Waals surface area contributed by atoms with E-state index in [1.165, 1.54) is 57.6 Å². The monoisotopic (exact) mass is 567 g/mol. The van der Waals surface area contributed by atoms with Crippen LogP contribution < -0.4 is 20.1 Å². The number of hydrogen-bond donors (Lipinski definition) is 2. The predicted octanol–water partition coefficient (Wildman–Crippen LogP) is 6.54. The number of nitrogens with one attached hydrogen (secondary N) is 2. The second-order valence-electron chi connectivity index (χ2n) is 13.0. The van der Waals surface area contributed by atoms with Crippen LogP contribution in [0.4, 0.5) is 5.69 Å². The van der Waals surface area contributed by atoms with Crippen molar-refractivity contribution in [2.45, 2.75) is 82.1 Å². The first-order chi connectivity index (χ1) is 20.4. The van der Waals surface area contributed by atoms with Crippen LogP contribution in [0.5, 0.6) is 11.5 Å². The fraction of sp³-hybridized carbons (Fsp3) is 0.514. The van der Waals surface area contributed by atoms with Crippen molar-refractivity contribution >= 4 is 23.6 Å². The molecule has 2 N–H and O–H groups in total. The van der Waals surface area contributed by atoms with Gasteiger partial charge < -0.3 is 20.1 Å². The van der Waals surface area contributed by atoms with E-state index in [2.05, 4.69) is 22.8 Å². The van der Waals surface area contributed by atoms with E-state index >= 15 is 0 Å². The molecule has 2 aromatic rings. The van der Waals surface area contributed by atoms with Gasteiger partial charge in [0.05, 0.1) is 7.11 Å². The molecule has 7 nitrogen and oxygen atoms in total. The summed E-state index contributed by atoms with van der Waals surface area (Å²) in [5.74, 6) is 2.91. The second kappa shape index (κ2) is 12.2. The predicted molar refractivity (Wildman–Crippen MR) is 162 cm³/mol. The highest BCUT2D eigenvalue weighted by Gasteiger charge is 2.51. The maximum Gasteiger partial charge on any atom is 0.262 e. The molecule has 5 saturated carbocycles. The number of amides is 2. The molecule has 0 radical (unpaired) electrons. The summed E-state index contributed by atoms with van der Waals surface area (Å²) in [5, 5.41) is 15.5. The number of benzene rings is 2. The van der Waals surface area contributed by atoms with Gasteiger partial charge in [0, 0.05) is 11.7 Å². The number of carbonyl (C=O) groups excluding carboxylic acids is 2. The fourth-order valence-electron chi connectivity index (χ4n) is 8.43. The molecule has 2 aromatic carbocycles. The molecule has 0 unspecified atom stereocenters. The molecule has 0 aromatic heterocycles. The molecule has 0 atom stereocenters. The van der Waals surface area contributed by atoms with E-state index in [4.69, 9.17) is 9.47 Å². The quantitative estimate of drug-likeness (QED) is 0.265. The van der Waals surface area contributed by atoms with E-state index in [-0.39, 0.29) is 30.0 Å². The van der Waals surface area contributed by atoms with Crippen LogP contribution in [0.3, 0.4) is 0 Å². The van der Waals surface area contributed by atoms with E-state index in [0.717, 1.165) is 49.1 Å². The average molecular weight is 568 g/mol. The highest BCUT2D eigenvalue weighted by molar-refractivity contribution is 6.01. The van der Waals surface area contributed by atoms with Gasteiger partial charge in [-0.15, -0.1) is 0 Å². The standard InChI is InChI=1S/C35H41N3O4/c1-41-32-17-23(16-27(21-36)34(40)38-29-5-3-2-4-6-29)7-12-31(32)42-22-33(39)37-30-10-8-28(9-11-30)35-18-24-13-25(19-35)15-26(14-24)20-35/h7-12,16-17,24-26,29H,2-6,13-15,18-20,22H2,1H3,(H,37,39)(H,38,40)/b27-16-. The number of nitriles is 1. The molecule has 7 heteroatoms. The van der Waals surface area contributed by atoms with Gasteiger partial charge in [-0.3, -0.25) is 9.59 Å². The third-order valence-corrected chi connectivity index (χ3v) is 9.98. The Kier molecular flexibility index (Phi) is 8.24. The third kappa shape index (κ3) is 6.18. The Bertz CT molecular complexity index is 1350. The van der Waals surface area contributed by atoms with Crippen LogP contribution in [0.25, 0.3) is 6.08 Å². The molecule has 0 spiro atoms. The van der Waals surface area contributed by atoms with Crippen LogP contribution in [0.2, 0.25) is 0 Å². The molecule has 0 heterocycles. The first-order valence-electron chi connectivity index (χ1n) is 15.6. The zero-order valence-electron chi connectivity index (χ0n) is 24.5. The normalized spacial score (nSPS) is 26.8. The lowest BCUT2D eigenvalue weighted by Gasteiger charge is -2.57. The number of rotatable bonds is 9. The van der Waals surface area contributed by atoms with Crippen LogP contribution in [0, 0.1) is 29.1 Å². The first-order valence-corrected chi connectivity index (χ1v) is 15.6. The molecule has 4 bridgehead atoms. The Balaban J connectivity index is 1.04. The molecule has 0 saturated heterocycles. The first kappa shape index (κ1) is 28.3. The number of ether oxygens (including phenoxy) is 2. The number of methoxy groups -OCH3 is 1. The summed E-state index contributed by atoms with van der Waals surface area (Å²) in [6, 6.07) is 15.7. The lowest BCUT2D eigenvalue weighted by Crippen LogP contribution is -2.48. The Morgan fingerprint density at radius 2 is 1.62 bits per heavy atom. The molecular weight excluding hydrogens is 526 g/mol. The van der Waals surface area contributed by atoms with Crippen molar-refractivity contribution in [3.63, 3.8) is 0 Å². The van der Waals surface area contributed by atoms with E-state index in [1.807, 2.05) is 18.2 Å². The molecule has 5 aliphatic carbocycles. The Morgan fingerprint density at radius 3 is 2.24 bits per heavy atom. The number of nitrogens with zero attached hydrogens (tertiary/aromatic N) is 1. The van der Waals surface area contributed by atoms with Gasteiger partial charge >= 0.3 is 0 Å². The van der Waals surface area contributed by atoms with E-state index in [9.17, 15) is 14.9 Å². The van der Waals surface area contributed by atoms with E-state index in [0.29, 0.717) is 22.5 Å². The van der Waals surface area contributed by atoms with Gasteiger partial charge in [-0.2, -0.15) is 5.26 Å². The summed E-state index contributed by atoms with van der Waals surface area (Å²) in [6.07, 6.45) is 15.1. The fourth-order valence-corrected chi connectivity index (χ4v) is 8.43. The maximum absolute atomic E-state index is 12.7. The molecule has 5 fully saturated rings. The number of anilines is 1. The molecule has 2 amide bonds. The van der Waals surface area contributed by atoms with Crippen molar-refractivity contribution in [1.29, 1.82) is 5.26 Å². The van der Waals surface area contributed by atoms with Crippen molar-refractivity contribution in [2.24, 2.45) is 17.8 Å². The van der Waals surface area contributed by atoms with Crippen molar-refractivity contribution in [3.8, 4) is 17.6 Å². The zero-order chi connectivity index (χ0) is 29.1. The highest BCUT2D eigenvalue weighted by Crippen LogP contribution is 2.60. The van der Waals surface area contributed by atoms with Gasteiger partial charge in [0.15, 0.2) is 18.1 Å². The van der Waals surface area contributed by atoms with E-state index in [1.54, 1.807) is 24.3 Å². The molecule has 7 rings (SSSR count). The molecule has 220 valence electrons. The minimum atomic E-state index is -0.355. The van der Waals surface area contributed by atoms with E-state index < -0.39 is 0 Å². The van der Waals surface area contributed by atoms with Gasteiger partial charge in [0.2, 0.25) is 0 Å². The largest absolute Gasteiger partial charge is 0.493 e. The van der Waals surface area contributed by atoms with Gasteiger partial charge in [0.25, 0.3) is 11.8 Å². The van der Waals surface area contributed by atoms with Crippen LogP contribution in [-0.2, 0) is 15.0 Å². The lowest BCUT2D eigenvalue weighted by molar-refractivity contribution is -0.118. The van der Waals surface area contributed by atoms with Crippen molar-refractivity contribution in [1.82, 2.24) is 5.32 Å². The van der Waals surface area contributed by atoms with Crippen LogP contribution in [-0.4, -0.2) is 31.6 Å². The molecular formula is C35H41N3O4. The second-order valence-corrected chi connectivity index (χ2v) is 13.0. The number of hydrogen-bond acceptors (Lipinski definition) is 5. The van der Waals surface area contributed by atoms with Gasteiger partial charge in [0.1, 0.15) is 11.6 Å². The highest BCUT2D eigenvalue weighted by atomic mass is 16.5. The van der Waals surface area contributed by atoms with Gasteiger partial charge in [-0.05, 0) is 116 Å². The molecule has 42 heavy (non-hydrogen) atoms. The SMILES string of the molecule is COc1cc(/C=C(/C#N)C(=O)NC2CCCCC2)ccc1OCC(=O)Nc1ccc(C23CC4CC(CC(C4)C2)C3)cc1. The minimum Gasteiger partial charge on any atom is -0.493 e. The summed E-state index contributed by atoms with van der Waals surface area (Å²) in [7, 11) is 1.52. The average Bonchev–Trinajstić information content (AvgIpc) is 2.99. The minimum absolute atomic E-state index is 0.0462. The van der Waals surface area contributed by atoms with Crippen LogP contribution in [0.1, 0.15) is 81.8 Å². The Hall–Kier alpha value is -3.79. The smallest absolute Gasteiger partial charge is 0.262 e. The zero-order valence-corrected chi connectivity index (χ0v) is 24.5. The maximum atomic E-state index is 12.7. The van der Waals surface area contributed by atoms with Crippen LogP contribution >= 0.6 is 0 Å².